The zero-order valence-electron chi connectivity index (χ0n) is 13.7. The van der Waals surface area contributed by atoms with Crippen molar-refractivity contribution in [2.45, 2.75) is 38.3 Å². The maximum Gasteiger partial charge on any atom is 0.166 e. The fraction of sp³-hybridized carbons (Fsp3) is 0.588. The van der Waals surface area contributed by atoms with Crippen molar-refractivity contribution in [1.82, 2.24) is 15.5 Å². The molecule has 1 aliphatic rings. The minimum Gasteiger partial charge on any atom is -0.360 e. The third-order valence-electron chi connectivity index (χ3n) is 4.20. The van der Waals surface area contributed by atoms with Crippen molar-refractivity contribution in [3.8, 4) is 0 Å². The summed E-state index contributed by atoms with van der Waals surface area (Å²) in [5.74, 6) is -0.567. The Morgan fingerprint density at radius 1 is 1.17 bits per heavy atom. The second-order valence-corrected chi connectivity index (χ2v) is 6.93. The third kappa shape index (κ3) is 6.03. The van der Waals surface area contributed by atoms with Crippen molar-refractivity contribution < 1.29 is 8.78 Å². The predicted octanol–water partition coefficient (Wildman–Crippen LogP) is 3.05. The van der Waals surface area contributed by atoms with Gasteiger partial charge in [0.1, 0.15) is 11.6 Å². The average molecular weight is 341 g/mol. The van der Waals surface area contributed by atoms with Crippen LogP contribution in [0.25, 0.3) is 0 Å². The van der Waals surface area contributed by atoms with E-state index in [-0.39, 0.29) is 0 Å². The minimum atomic E-state index is -0.570. The summed E-state index contributed by atoms with van der Waals surface area (Å²) in [4.78, 5) is 2.21. The highest BCUT2D eigenvalue weighted by Gasteiger charge is 2.25. The quantitative estimate of drug-likeness (QED) is 0.805. The first-order chi connectivity index (χ1) is 10.9. The molecule has 1 saturated carbocycles. The van der Waals surface area contributed by atoms with Gasteiger partial charge in [0.15, 0.2) is 5.11 Å². The molecule has 0 aromatic heterocycles. The fourth-order valence-corrected chi connectivity index (χ4v) is 3.42. The van der Waals surface area contributed by atoms with Gasteiger partial charge in [0.05, 0.1) is 0 Å². The van der Waals surface area contributed by atoms with E-state index in [2.05, 4.69) is 29.6 Å². The van der Waals surface area contributed by atoms with Gasteiger partial charge in [0.2, 0.25) is 0 Å². The highest BCUT2D eigenvalue weighted by molar-refractivity contribution is 7.80. The topological polar surface area (TPSA) is 27.3 Å². The summed E-state index contributed by atoms with van der Waals surface area (Å²) >= 11 is 5.34. The maximum atomic E-state index is 13.2. The predicted molar refractivity (Wildman–Crippen MR) is 93.2 cm³/mol. The molecule has 1 aliphatic carbocycles. The van der Waals surface area contributed by atoms with Gasteiger partial charge in [-0.15, -0.1) is 0 Å². The van der Waals surface area contributed by atoms with E-state index in [0.29, 0.717) is 29.2 Å². The lowest BCUT2D eigenvalue weighted by Gasteiger charge is -2.34. The molecule has 0 radical (unpaired) electrons. The van der Waals surface area contributed by atoms with Gasteiger partial charge in [-0.2, -0.15) is 0 Å². The molecule has 1 aromatic rings. The molecular formula is C17H25F2N3S. The van der Waals surface area contributed by atoms with Crippen molar-refractivity contribution in [3.05, 3.63) is 35.4 Å². The van der Waals surface area contributed by atoms with Crippen LogP contribution in [0.15, 0.2) is 18.2 Å². The number of nitrogens with one attached hydrogen (secondary N) is 2. The van der Waals surface area contributed by atoms with E-state index >= 15 is 0 Å². The number of benzene rings is 1. The molecule has 128 valence electrons. The average Bonchev–Trinajstić information content (AvgIpc) is 2.46. The molecule has 2 atom stereocenters. The number of thiocarbonyl (C=S) groups is 1. The minimum absolute atomic E-state index is 0.311. The van der Waals surface area contributed by atoms with Crippen LogP contribution in [0, 0.1) is 17.6 Å². The highest BCUT2D eigenvalue weighted by Crippen LogP contribution is 2.24. The molecule has 2 N–H and O–H groups in total. The normalized spacial score (nSPS) is 21.3. The van der Waals surface area contributed by atoms with Gasteiger partial charge in [0, 0.05) is 25.2 Å². The summed E-state index contributed by atoms with van der Waals surface area (Å²) in [7, 11) is 4.17. The standard InChI is InChI=1S/C17H25F2N3S/c1-22(2)11-13-5-3-4-6-16(13)21-17(23)20-10-12-7-14(18)9-15(19)8-12/h7-9,13,16H,3-6,10-11H2,1-2H3,(H2,20,21,23)/t13-,16-/m1/s1. The molecule has 0 aliphatic heterocycles. The number of hydrogen-bond donors (Lipinski definition) is 2. The van der Waals surface area contributed by atoms with Crippen LogP contribution in [0.4, 0.5) is 8.78 Å². The molecule has 6 heteroatoms. The molecule has 0 heterocycles. The molecule has 1 aromatic carbocycles. The van der Waals surface area contributed by atoms with Crippen LogP contribution < -0.4 is 10.6 Å². The van der Waals surface area contributed by atoms with E-state index in [1.807, 2.05) is 0 Å². The van der Waals surface area contributed by atoms with Crippen LogP contribution in [0.2, 0.25) is 0 Å². The van der Waals surface area contributed by atoms with Gasteiger partial charge in [-0.1, -0.05) is 12.8 Å². The second-order valence-electron chi connectivity index (χ2n) is 6.52. The van der Waals surface area contributed by atoms with Crippen molar-refractivity contribution in [1.29, 1.82) is 0 Å². The Hall–Kier alpha value is -1.27. The van der Waals surface area contributed by atoms with Gasteiger partial charge >= 0.3 is 0 Å². The SMILES string of the molecule is CN(C)C[C@H]1CCCC[C@H]1NC(=S)NCc1cc(F)cc(F)c1. The summed E-state index contributed by atoms with van der Waals surface area (Å²) < 4.78 is 26.4. The lowest BCUT2D eigenvalue weighted by atomic mass is 9.84. The largest absolute Gasteiger partial charge is 0.360 e. The van der Waals surface area contributed by atoms with Gasteiger partial charge in [0.25, 0.3) is 0 Å². The molecule has 0 spiro atoms. The summed E-state index contributed by atoms with van der Waals surface area (Å²) in [6.45, 7) is 1.35. The van der Waals surface area contributed by atoms with Gasteiger partial charge < -0.3 is 15.5 Å². The molecule has 23 heavy (non-hydrogen) atoms. The Kier molecular flexibility index (Phi) is 6.72. The van der Waals surface area contributed by atoms with E-state index < -0.39 is 11.6 Å². The molecule has 0 unspecified atom stereocenters. The number of hydrogen-bond acceptors (Lipinski definition) is 2. The Morgan fingerprint density at radius 3 is 2.48 bits per heavy atom. The lowest BCUT2D eigenvalue weighted by Crippen LogP contribution is -2.48. The molecule has 0 saturated heterocycles. The fourth-order valence-electron chi connectivity index (χ4n) is 3.20. The van der Waals surface area contributed by atoms with Crippen LogP contribution >= 0.6 is 12.2 Å². The van der Waals surface area contributed by atoms with Crippen LogP contribution in [0.5, 0.6) is 0 Å². The zero-order valence-corrected chi connectivity index (χ0v) is 14.6. The van der Waals surface area contributed by atoms with Gasteiger partial charge in [-0.3, -0.25) is 0 Å². The number of nitrogens with zero attached hydrogens (tertiary/aromatic N) is 1. The smallest absolute Gasteiger partial charge is 0.166 e. The lowest BCUT2D eigenvalue weighted by molar-refractivity contribution is 0.222. The maximum absolute atomic E-state index is 13.2. The van der Waals surface area contributed by atoms with E-state index in [4.69, 9.17) is 12.2 Å². The van der Waals surface area contributed by atoms with Crippen molar-refractivity contribution >= 4 is 17.3 Å². The van der Waals surface area contributed by atoms with Crippen LogP contribution in [-0.4, -0.2) is 36.7 Å². The Labute approximate surface area is 142 Å². The number of halogens is 2. The number of rotatable bonds is 5. The second kappa shape index (κ2) is 8.55. The van der Waals surface area contributed by atoms with Crippen molar-refractivity contribution in [2.75, 3.05) is 20.6 Å². The van der Waals surface area contributed by atoms with Gasteiger partial charge in [-0.25, -0.2) is 8.78 Å². The van der Waals surface area contributed by atoms with E-state index in [1.54, 1.807) is 0 Å². The monoisotopic (exact) mass is 341 g/mol. The summed E-state index contributed by atoms with van der Waals surface area (Å²) in [5, 5.41) is 6.97. The third-order valence-corrected chi connectivity index (χ3v) is 4.46. The Bertz CT molecular complexity index is 516. The highest BCUT2D eigenvalue weighted by atomic mass is 32.1. The Balaban J connectivity index is 1.85. The van der Waals surface area contributed by atoms with Crippen LogP contribution in [-0.2, 0) is 6.54 Å². The van der Waals surface area contributed by atoms with Crippen LogP contribution in [0.3, 0.4) is 0 Å². The Morgan fingerprint density at radius 2 is 1.83 bits per heavy atom. The first kappa shape index (κ1) is 18.1. The first-order valence-electron chi connectivity index (χ1n) is 8.08. The molecule has 3 nitrogen and oxygen atoms in total. The van der Waals surface area contributed by atoms with E-state index in [0.717, 1.165) is 19.0 Å². The van der Waals surface area contributed by atoms with E-state index in [9.17, 15) is 8.78 Å². The molecule has 0 amide bonds. The van der Waals surface area contributed by atoms with Crippen LogP contribution in [0.1, 0.15) is 31.2 Å². The molecule has 0 bridgehead atoms. The summed E-state index contributed by atoms with van der Waals surface area (Å²) in [6.07, 6.45) is 4.78. The molecule has 1 fully saturated rings. The summed E-state index contributed by atoms with van der Waals surface area (Å²) in [5.41, 5.74) is 0.542. The molecule has 2 rings (SSSR count). The molecular weight excluding hydrogens is 316 g/mol. The van der Waals surface area contributed by atoms with Crippen molar-refractivity contribution in [2.24, 2.45) is 5.92 Å². The van der Waals surface area contributed by atoms with E-state index in [1.165, 1.54) is 31.4 Å². The van der Waals surface area contributed by atoms with Crippen molar-refractivity contribution in [3.63, 3.8) is 0 Å². The summed E-state index contributed by atoms with van der Waals surface area (Å²) in [6, 6.07) is 3.85. The zero-order chi connectivity index (χ0) is 16.8. The first-order valence-corrected chi connectivity index (χ1v) is 8.49. The van der Waals surface area contributed by atoms with Gasteiger partial charge in [-0.05, 0) is 62.8 Å².